The van der Waals surface area contributed by atoms with Crippen molar-refractivity contribution in [3.63, 3.8) is 0 Å². The topological polar surface area (TPSA) is 80.9 Å². The number of benzene rings is 1. The Bertz CT molecular complexity index is 605. The minimum absolute atomic E-state index is 0.202. The van der Waals surface area contributed by atoms with Gasteiger partial charge < -0.3 is 11.1 Å². The van der Waals surface area contributed by atoms with Gasteiger partial charge in [-0.15, -0.1) is 10.2 Å². The zero-order chi connectivity index (χ0) is 14.0. The van der Waals surface area contributed by atoms with Crippen LogP contribution >= 0.6 is 31.9 Å². The second-order valence-electron chi connectivity index (χ2n) is 3.90. The molecule has 1 aromatic heterocycles. The number of halogens is 2. The predicted octanol–water partition coefficient (Wildman–Crippen LogP) is 3.14. The van der Waals surface area contributed by atoms with Gasteiger partial charge >= 0.3 is 0 Å². The lowest BCUT2D eigenvalue weighted by Gasteiger charge is -2.10. The van der Waals surface area contributed by atoms with Gasteiger partial charge in [0.2, 0.25) is 0 Å². The molecule has 5 nitrogen and oxygen atoms in total. The Morgan fingerprint density at radius 2 is 1.84 bits per heavy atom. The third-order valence-electron chi connectivity index (χ3n) is 2.34. The number of anilines is 2. The minimum atomic E-state index is -0.349. The number of hydrogen-bond acceptors (Lipinski definition) is 4. The Kier molecular flexibility index (Phi) is 4.16. The van der Waals surface area contributed by atoms with E-state index >= 15 is 0 Å². The number of rotatable bonds is 2. The lowest BCUT2D eigenvalue weighted by Crippen LogP contribution is -2.15. The molecule has 0 bridgehead atoms. The van der Waals surface area contributed by atoms with Gasteiger partial charge in [0.25, 0.3) is 5.91 Å². The molecule has 2 rings (SSSR count). The van der Waals surface area contributed by atoms with Crippen LogP contribution in [0.25, 0.3) is 0 Å². The van der Waals surface area contributed by atoms with Crippen molar-refractivity contribution in [1.82, 2.24) is 10.2 Å². The van der Waals surface area contributed by atoms with Crippen molar-refractivity contribution >= 4 is 49.3 Å². The zero-order valence-electron chi connectivity index (χ0n) is 9.95. The molecule has 0 saturated carbocycles. The summed E-state index contributed by atoms with van der Waals surface area (Å²) in [5.74, 6) is -0.0769. The highest BCUT2D eigenvalue weighted by Crippen LogP contribution is 2.32. The van der Waals surface area contributed by atoms with Gasteiger partial charge in [-0.25, -0.2) is 0 Å². The van der Waals surface area contributed by atoms with Gasteiger partial charge in [-0.3, -0.25) is 4.79 Å². The number of aryl methyl sites for hydroxylation is 1. The molecule has 1 aromatic carbocycles. The first-order valence-electron chi connectivity index (χ1n) is 5.33. The number of nitrogens with two attached hydrogens (primary N) is 1. The summed E-state index contributed by atoms with van der Waals surface area (Å²) < 4.78 is 1.58. The number of nitrogen functional groups attached to an aromatic ring is 1. The maximum Gasteiger partial charge on any atom is 0.276 e. The van der Waals surface area contributed by atoms with E-state index in [2.05, 4.69) is 47.4 Å². The van der Waals surface area contributed by atoms with Gasteiger partial charge in [-0.2, -0.15) is 0 Å². The van der Waals surface area contributed by atoms with Crippen molar-refractivity contribution < 1.29 is 4.79 Å². The maximum absolute atomic E-state index is 12.0. The molecule has 98 valence electrons. The summed E-state index contributed by atoms with van der Waals surface area (Å²) >= 11 is 6.82. The molecule has 0 fully saturated rings. The molecule has 3 N–H and O–H groups in total. The van der Waals surface area contributed by atoms with Crippen LogP contribution in [0.5, 0.6) is 0 Å². The maximum atomic E-state index is 12.0. The molecule has 0 aliphatic rings. The number of carbonyl (C=O) groups is 1. The van der Waals surface area contributed by atoms with Crippen LogP contribution in [0.1, 0.15) is 16.1 Å². The normalized spacial score (nSPS) is 10.3. The van der Waals surface area contributed by atoms with E-state index in [0.717, 1.165) is 14.5 Å². The molecule has 0 saturated heterocycles. The van der Waals surface area contributed by atoms with Crippen LogP contribution in [0.2, 0.25) is 0 Å². The van der Waals surface area contributed by atoms with Crippen molar-refractivity contribution in [3.05, 3.63) is 44.5 Å². The summed E-state index contributed by atoms with van der Waals surface area (Å²) in [7, 11) is 0. The molecule has 0 aliphatic carbocycles. The lowest BCUT2D eigenvalue weighted by atomic mass is 10.2. The molecule has 0 spiro atoms. The van der Waals surface area contributed by atoms with Gasteiger partial charge in [0.15, 0.2) is 5.69 Å². The standard InChI is InChI=1S/C12H10Br2N4O/c1-6-4-7(13)11(8(14)5-6)16-12(19)9-2-3-10(15)18-17-9/h2-5H,1H3,(H2,15,18)(H,16,19). The Hall–Kier alpha value is -1.47. The van der Waals surface area contributed by atoms with Crippen LogP contribution in [0, 0.1) is 6.92 Å². The highest BCUT2D eigenvalue weighted by atomic mass is 79.9. The van der Waals surface area contributed by atoms with Crippen LogP contribution in [0.15, 0.2) is 33.2 Å². The minimum Gasteiger partial charge on any atom is -0.382 e. The van der Waals surface area contributed by atoms with Gasteiger partial charge in [0, 0.05) is 8.95 Å². The van der Waals surface area contributed by atoms with Crippen molar-refractivity contribution in [2.75, 3.05) is 11.1 Å². The molecule has 1 heterocycles. The monoisotopic (exact) mass is 384 g/mol. The van der Waals surface area contributed by atoms with Gasteiger partial charge in [0.05, 0.1) is 5.69 Å². The lowest BCUT2D eigenvalue weighted by molar-refractivity contribution is 0.102. The van der Waals surface area contributed by atoms with Gasteiger partial charge in [-0.05, 0) is 68.6 Å². The Labute approximate surface area is 126 Å². The second-order valence-corrected chi connectivity index (χ2v) is 5.61. The predicted molar refractivity (Wildman–Crippen MR) is 81.0 cm³/mol. The van der Waals surface area contributed by atoms with Crippen molar-refractivity contribution in [2.24, 2.45) is 0 Å². The van der Waals surface area contributed by atoms with Gasteiger partial charge in [0.1, 0.15) is 5.82 Å². The molecule has 0 atom stereocenters. The smallest absolute Gasteiger partial charge is 0.276 e. The molecule has 0 unspecified atom stereocenters. The van der Waals surface area contributed by atoms with E-state index in [1.54, 1.807) is 0 Å². The van der Waals surface area contributed by atoms with E-state index in [0.29, 0.717) is 5.69 Å². The first-order chi connectivity index (χ1) is 8.97. The first kappa shape index (κ1) is 14.0. The molecule has 0 radical (unpaired) electrons. The van der Waals surface area contributed by atoms with E-state index in [4.69, 9.17) is 5.73 Å². The number of carbonyl (C=O) groups excluding carboxylic acids is 1. The molecule has 7 heteroatoms. The van der Waals surface area contributed by atoms with Crippen molar-refractivity contribution in [2.45, 2.75) is 6.92 Å². The van der Waals surface area contributed by atoms with Crippen molar-refractivity contribution in [3.8, 4) is 0 Å². The molecule has 19 heavy (non-hydrogen) atoms. The average Bonchev–Trinajstić information content (AvgIpc) is 2.34. The van der Waals surface area contributed by atoms with Crippen LogP contribution in [0.3, 0.4) is 0 Å². The Morgan fingerprint density at radius 1 is 1.21 bits per heavy atom. The number of hydrogen-bond donors (Lipinski definition) is 2. The van der Waals surface area contributed by atoms with Gasteiger partial charge in [-0.1, -0.05) is 0 Å². The highest BCUT2D eigenvalue weighted by Gasteiger charge is 2.13. The number of aromatic nitrogens is 2. The summed E-state index contributed by atoms with van der Waals surface area (Å²) in [6.45, 7) is 1.96. The number of amides is 1. The molecule has 0 aliphatic heterocycles. The third kappa shape index (κ3) is 3.30. The largest absolute Gasteiger partial charge is 0.382 e. The summed E-state index contributed by atoms with van der Waals surface area (Å²) in [5.41, 5.74) is 7.35. The Balaban J connectivity index is 2.26. The summed E-state index contributed by atoms with van der Waals surface area (Å²) in [6.07, 6.45) is 0. The van der Waals surface area contributed by atoms with Crippen molar-refractivity contribution in [1.29, 1.82) is 0 Å². The third-order valence-corrected chi connectivity index (χ3v) is 3.59. The zero-order valence-corrected chi connectivity index (χ0v) is 13.1. The fourth-order valence-electron chi connectivity index (χ4n) is 1.46. The van der Waals surface area contributed by atoms with E-state index < -0.39 is 0 Å². The molecular formula is C12H10Br2N4O. The number of nitrogens with zero attached hydrogens (tertiary/aromatic N) is 2. The summed E-state index contributed by atoms with van der Waals surface area (Å²) in [5, 5.41) is 10.1. The second kappa shape index (κ2) is 5.66. The van der Waals surface area contributed by atoms with E-state index in [1.165, 1.54) is 12.1 Å². The average molecular weight is 386 g/mol. The fraction of sp³-hybridized carbons (Fsp3) is 0.0833. The molecule has 1 amide bonds. The van der Waals surface area contributed by atoms with Crippen LogP contribution in [-0.2, 0) is 0 Å². The first-order valence-corrected chi connectivity index (χ1v) is 6.92. The van der Waals surface area contributed by atoms with E-state index in [9.17, 15) is 4.79 Å². The van der Waals surface area contributed by atoms with E-state index in [1.807, 2.05) is 19.1 Å². The quantitative estimate of drug-likeness (QED) is 0.831. The fourth-order valence-corrected chi connectivity index (χ4v) is 3.07. The van der Waals surface area contributed by atoms with E-state index in [-0.39, 0.29) is 17.4 Å². The van der Waals surface area contributed by atoms with Crippen LogP contribution in [-0.4, -0.2) is 16.1 Å². The van der Waals surface area contributed by atoms with Crippen LogP contribution < -0.4 is 11.1 Å². The molecular weight excluding hydrogens is 376 g/mol. The number of nitrogens with one attached hydrogen (secondary N) is 1. The summed E-state index contributed by atoms with van der Waals surface area (Å²) in [6, 6.07) is 6.87. The summed E-state index contributed by atoms with van der Waals surface area (Å²) in [4.78, 5) is 12.0. The SMILES string of the molecule is Cc1cc(Br)c(NC(=O)c2ccc(N)nn2)c(Br)c1. The Morgan fingerprint density at radius 3 is 2.37 bits per heavy atom. The van der Waals surface area contributed by atoms with Crippen LogP contribution in [0.4, 0.5) is 11.5 Å². The highest BCUT2D eigenvalue weighted by molar-refractivity contribution is 9.11. The molecule has 2 aromatic rings.